The highest BCUT2D eigenvalue weighted by Crippen LogP contribution is 2.29. The maximum atomic E-state index is 13.4. The molecule has 5 rings (SSSR count). The first kappa shape index (κ1) is 23.9. The van der Waals surface area contributed by atoms with Gasteiger partial charge in [-0.2, -0.15) is 10.1 Å². The fourth-order valence-electron chi connectivity index (χ4n) is 3.70. The van der Waals surface area contributed by atoms with Crippen LogP contribution in [0, 0.1) is 0 Å². The number of anilines is 1. The summed E-state index contributed by atoms with van der Waals surface area (Å²) in [5, 5.41) is 6.86. The molecule has 1 heterocycles. The molecule has 0 aliphatic carbocycles. The van der Waals surface area contributed by atoms with Crippen molar-refractivity contribution in [2.75, 3.05) is 10.8 Å². The van der Waals surface area contributed by atoms with Crippen LogP contribution in [0.15, 0.2) is 125 Å². The number of hydrogen-bond donors (Lipinski definition) is 0. The van der Waals surface area contributed by atoms with Gasteiger partial charge in [-0.3, -0.25) is 4.79 Å². The highest BCUT2D eigenvalue weighted by molar-refractivity contribution is 8.00. The summed E-state index contributed by atoms with van der Waals surface area (Å²) in [5.74, 6) is 1.19. The molecule has 0 atom stereocenters. The lowest BCUT2D eigenvalue weighted by molar-refractivity contribution is -0.114. The third kappa shape index (κ3) is 5.88. The van der Waals surface area contributed by atoms with Crippen molar-refractivity contribution in [2.24, 2.45) is 5.10 Å². The van der Waals surface area contributed by atoms with Gasteiger partial charge in [-0.25, -0.2) is 0 Å². The van der Waals surface area contributed by atoms with E-state index < -0.39 is 0 Å². The fraction of sp³-hybridized carbons (Fsp3) is 0.0667. The average Bonchev–Trinajstić information content (AvgIpc) is 3.24. The summed E-state index contributed by atoms with van der Waals surface area (Å²) < 4.78 is 5.90. The molecule has 1 amide bonds. The van der Waals surface area contributed by atoms with Crippen LogP contribution >= 0.6 is 23.4 Å². The van der Waals surface area contributed by atoms with E-state index in [0.717, 1.165) is 33.2 Å². The summed E-state index contributed by atoms with van der Waals surface area (Å²) in [4.78, 5) is 14.5. The molecule has 6 heteroatoms. The van der Waals surface area contributed by atoms with Crippen LogP contribution in [0.5, 0.6) is 5.75 Å². The van der Waals surface area contributed by atoms with Crippen LogP contribution in [0.4, 0.5) is 5.69 Å². The number of hydrazone groups is 1. The number of carbonyl (C=O) groups is 1. The van der Waals surface area contributed by atoms with Crippen LogP contribution < -0.4 is 9.75 Å². The van der Waals surface area contributed by atoms with Crippen LogP contribution in [0.2, 0.25) is 5.02 Å². The summed E-state index contributed by atoms with van der Waals surface area (Å²) in [5.41, 5.74) is 4.07. The molecule has 4 aromatic rings. The van der Waals surface area contributed by atoms with Crippen molar-refractivity contribution >= 4 is 46.7 Å². The molecule has 0 saturated heterocycles. The fourth-order valence-corrected chi connectivity index (χ4v) is 4.67. The smallest absolute Gasteiger partial charge is 0.280 e. The monoisotopic (exact) mass is 510 g/mol. The summed E-state index contributed by atoms with van der Waals surface area (Å²) in [6, 6.07) is 34.9. The first-order valence-corrected chi connectivity index (χ1v) is 12.9. The second kappa shape index (κ2) is 11.3. The normalized spacial score (nSPS) is 14.2. The largest absolute Gasteiger partial charge is 0.489 e. The van der Waals surface area contributed by atoms with Crippen molar-refractivity contribution < 1.29 is 9.53 Å². The van der Waals surface area contributed by atoms with E-state index in [0.29, 0.717) is 23.0 Å². The Bertz CT molecular complexity index is 1390. The van der Waals surface area contributed by atoms with Crippen molar-refractivity contribution in [3.63, 3.8) is 0 Å². The highest BCUT2D eigenvalue weighted by atomic mass is 35.5. The number of thioether (sulfide) groups is 1. The lowest BCUT2D eigenvalue weighted by atomic mass is 10.1. The predicted molar refractivity (Wildman–Crippen MR) is 149 cm³/mol. The molecule has 0 spiro atoms. The highest BCUT2D eigenvalue weighted by Gasteiger charge is 2.31. The maximum Gasteiger partial charge on any atom is 0.280 e. The minimum atomic E-state index is -0.141. The minimum absolute atomic E-state index is 0.141. The SMILES string of the molecule is O=C1C(=Cc2ccc(OCc3ccccc3)cc2)C(CSc2ccc(Cl)cc2)=NN1c1ccccc1. The van der Waals surface area contributed by atoms with E-state index >= 15 is 0 Å². The minimum Gasteiger partial charge on any atom is -0.489 e. The molecule has 178 valence electrons. The van der Waals surface area contributed by atoms with E-state index in [9.17, 15) is 4.79 Å². The van der Waals surface area contributed by atoms with E-state index in [-0.39, 0.29) is 5.91 Å². The summed E-state index contributed by atoms with van der Waals surface area (Å²) in [7, 11) is 0. The number of halogens is 1. The van der Waals surface area contributed by atoms with Gasteiger partial charge >= 0.3 is 0 Å². The standard InChI is InChI=1S/C30H23ClN2O2S/c31-24-13-17-27(18-14-24)36-21-29-28(30(34)33(32-29)25-9-5-2-6-10-25)19-22-11-15-26(16-12-22)35-20-23-7-3-1-4-8-23/h1-19H,20-21H2. The van der Waals surface area contributed by atoms with Crippen LogP contribution in [-0.2, 0) is 11.4 Å². The number of nitrogens with zero attached hydrogens (tertiary/aromatic N) is 2. The number of ether oxygens (including phenoxy) is 1. The Balaban J connectivity index is 1.35. The molecule has 0 N–H and O–H groups in total. The van der Waals surface area contributed by atoms with E-state index in [1.807, 2.05) is 115 Å². The van der Waals surface area contributed by atoms with Gasteiger partial charge < -0.3 is 4.74 Å². The molecular weight excluding hydrogens is 488 g/mol. The zero-order valence-corrected chi connectivity index (χ0v) is 21.0. The third-order valence-electron chi connectivity index (χ3n) is 5.58. The van der Waals surface area contributed by atoms with Crippen LogP contribution in [0.1, 0.15) is 11.1 Å². The van der Waals surface area contributed by atoms with Gasteiger partial charge in [0.1, 0.15) is 12.4 Å². The average molecular weight is 511 g/mol. The Hall–Kier alpha value is -3.80. The number of amides is 1. The van der Waals surface area contributed by atoms with E-state index in [1.165, 1.54) is 5.01 Å². The van der Waals surface area contributed by atoms with E-state index in [2.05, 4.69) is 0 Å². The summed E-state index contributed by atoms with van der Waals surface area (Å²) in [6.07, 6.45) is 1.90. The molecule has 0 radical (unpaired) electrons. The van der Waals surface area contributed by atoms with Crippen molar-refractivity contribution in [1.29, 1.82) is 0 Å². The molecule has 1 aliphatic rings. The first-order chi connectivity index (χ1) is 17.7. The second-order valence-electron chi connectivity index (χ2n) is 8.14. The predicted octanol–water partition coefficient (Wildman–Crippen LogP) is 7.50. The lowest BCUT2D eigenvalue weighted by Gasteiger charge is -2.11. The molecular formula is C30H23ClN2O2S. The Morgan fingerprint density at radius 1 is 0.833 bits per heavy atom. The van der Waals surface area contributed by atoms with Gasteiger partial charge in [0.15, 0.2) is 0 Å². The van der Waals surface area contributed by atoms with Gasteiger partial charge in [0.2, 0.25) is 0 Å². The van der Waals surface area contributed by atoms with E-state index in [1.54, 1.807) is 11.8 Å². The Morgan fingerprint density at radius 3 is 2.19 bits per heavy atom. The van der Waals surface area contributed by atoms with Crippen molar-refractivity contribution in [3.8, 4) is 5.75 Å². The number of para-hydroxylation sites is 1. The Morgan fingerprint density at radius 2 is 1.50 bits per heavy atom. The molecule has 0 bridgehead atoms. The molecule has 4 aromatic carbocycles. The quantitative estimate of drug-likeness (QED) is 0.182. The molecule has 0 fully saturated rings. The van der Waals surface area contributed by atoms with Crippen molar-refractivity contribution in [2.45, 2.75) is 11.5 Å². The molecule has 0 aromatic heterocycles. The van der Waals surface area contributed by atoms with Crippen molar-refractivity contribution in [1.82, 2.24) is 0 Å². The second-order valence-corrected chi connectivity index (χ2v) is 9.63. The van der Waals surface area contributed by atoms with Gasteiger partial charge in [0, 0.05) is 15.7 Å². The topological polar surface area (TPSA) is 41.9 Å². The third-order valence-corrected chi connectivity index (χ3v) is 6.86. The number of rotatable bonds is 8. The summed E-state index contributed by atoms with van der Waals surface area (Å²) in [6.45, 7) is 0.504. The number of benzene rings is 4. The molecule has 0 saturated carbocycles. The number of carbonyl (C=O) groups excluding carboxylic acids is 1. The molecule has 4 nitrogen and oxygen atoms in total. The maximum absolute atomic E-state index is 13.4. The van der Waals surface area contributed by atoms with Gasteiger partial charge in [-0.05, 0) is 65.7 Å². The zero-order chi connectivity index (χ0) is 24.7. The zero-order valence-electron chi connectivity index (χ0n) is 19.4. The van der Waals surface area contributed by atoms with Crippen LogP contribution in [0.25, 0.3) is 6.08 Å². The Kier molecular flexibility index (Phi) is 7.50. The van der Waals surface area contributed by atoms with Gasteiger partial charge in [0.25, 0.3) is 5.91 Å². The molecule has 1 aliphatic heterocycles. The summed E-state index contributed by atoms with van der Waals surface area (Å²) >= 11 is 7.64. The van der Waals surface area contributed by atoms with Crippen molar-refractivity contribution in [3.05, 3.63) is 131 Å². The van der Waals surface area contributed by atoms with Gasteiger partial charge in [-0.1, -0.05) is 72.3 Å². The van der Waals surface area contributed by atoms with Crippen LogP contribution in [-0.4, -0.2) is 17.4 Å². The van der Waals surface area contributed by atoms with Crippen LogP contribution in [0.3, 0.4) is 0 Å². The molecule has 36 heavy (non-hydrogen) atoms. The first-order valence-electron chi connectivity index (χ1n) is 11.5. The Labute approximate surface area is 219 Å². The lowest BCUT2D eigenvalue weighted by Crippen LogP contribution is -2.21. The molecule has 0 unspecified atom stereocenters. The van der Waals surface area contributed by atoms with Gasteiger partial charge in [-0.15, -0.1) is 11.8 Å². The van der Waals surface area contributed by atoms with Gasteiger partial charge in [0.05, 0.1) is 17.0 Å². The van der Waals surface area contributed by atoms with E-state index in [4.69, 9.17) is 21.4 Å². The number of hydrogen-bond acceptors (Lipinski definition) is 4.